The molecule has 0 radical (unpaired) electrons. The Labute approximate surface area is 139 Å². The van der Waals surface area contributed by atoms with Crippen LogP contribution in [-0.2, 0) is 11.2 Å². The van der Waals surface area contributed by atoms with Gasteiger partial charge in [0.15, 0.2) is 0 Å². The number of hydrogen-bond acceptors (Lipinski definition) is 3. The number of aryl methyl sites for hydroxylation is 1. The molecule has 1 aromatic heterocycles. The van der Waals surface area contributed by atoms with Gasteiger partial charge in [0.25, 0.3) is 0 Å². The largest absolute Gasteiger partial charge is 0.353 e. The molecule has 0 aliphatic heterocycles. The fourth-order valence-electron chi connectivity index (χ4n) is 2.70. The number of rotatable bonds is 6. The highest BCUT2D eigenvalue weighted by atomic mass is 79.9. The molecule has 0 spiro atoms. The fraction of sp³-hybridized carbons (Fsp3) is 0.643. The molecule has 3 nitrogen and oxygen atoms in total. The topological polar surface area (TPSA) is 55.1 Å². The van der Waals surface area contributed by atoms with Gasteiger partial charge in [0.05, 0.1) is 3.79 Å². The van der Waals surface area contributed by atoms with E-state index in [-0.39, 0.29) is 18.3 Å². The van der Waals surface area contributed by atoms with Crippen molar-refractivity contribution in [2.24, 2.45) is 11.7 Å². The molecule has 1 fully saturated rings. The molecule has 2 unspecified atom stereocenters. The van der Waals surface area contributed by atoms with Gasteiger partial charge >= 0.3 is 0 Å². The van der Waals surface area contributed by atoms with Crippen LogP contribution in [0.3, 0.4) is 0 Å². The van der Waals surface area contributed by atoms with E-state index in [0.29, 0.717) is 24.9 Å². The van der Waals surface area contributed by atoms with E-state index in [0.717, 1.165) is 29.5 Å². The molecule has 0 aromatic carbocycles. The van der Waals surface area contributed by atoms with Crippen LogP contribution in [0.15, 0.2) is 15.9 Å². The second-order valence-corrected chi connectivity index (χ2v) is 7.71. The van der Waals surface area contributed by atoms with Crippen LogP contribution in [-0.4, -0.2) is 18.5 Å². The van der Waals surface area contributed by atoms with Crippen LogP contribution in [0, 0.1) is 5.92 Å². The van der Waals surface area contributed by atoms with Gasteiger partial charge in [-0.05, 0) is 66.2 Å². The quantitative estimate of drug-likeness (QED) is 0.792. The minimum absolute atomic E-state index is 0. The monoisotopic (exact) mass is 380 g/mol. The molecule has 3 N–H and O–H groups in total. The minimum Gasteiger partial charge on any atom is -0.353 e. The maximum absolute atomic E-state index is 11.9. The predicted molar refractivity (Wildman–Crippen MR) is 90.5 cm³/mol. The van der Waals surface area contributed by atoms with Crippen LogP contribution >= 0.6 is 39.7 Å². The van der Waals surface area contributed by atoms with E-state index < -0.39 is 0 Å². The van der Waals surface area contributed by atoms with Gasteiger partial charge in [-0.25, -0.2) is 0 Å². The van der Waals surface area contributed by atoms with E-state index in [1.807, 2.05) is 0 Å². The average Bonchev–Trinajstić information content (AvgIpc) is 2.98. The van der Waals surface area contributed by atoms with Crippen LogP contribution in [0.1, 0.15) is 37.0 Å². The minimum atomic E-state index is 0. The molecule has 1 saturated carbocycles. The van der Waals surface area contributed by atoms with Crippen molar-refractivity contribution in [3.05, 3.63) is 20.8 Å². The van der Waals surface area contributed by atoms with Crippen molar-refractivity contribution in [3.63, 3.8) is 0 Å². The summed E-state index contributed by atoms with van der Waals surface area (Å²) >= 11 is 5.20. The Morgan fingerprint density at radius 1 is 1.45 bits per heavy atom. The van der Waals surface area contributed by atoms with Crippen molar-refractivity contribution in [2.45, 2.75) is 44.6 Å². The molecule has 1 aromatic rings. The van der Waals surface area contributed by atoms with E-state index in [1.54, 1.807) is 11.3 Å². The SMILES string of the molecule is Cl.NCC1CCCC1NC(=O)CCCc1ccc(Br)s1. The number of nitrogens with two attached hydrogens (primary N) is 1. The number of thiophene rings is 1. The standard InChI is InChI=1S/C14H21BrN2OS.ClH/c15-13-8-7-11(19-13)4-2-6-14(18)17-12-5-1-3-10(12)9-16;/h7-8,10,12H,1-6,9,16H2,(H,17,18);1H. The molecule has 6 heteroatoms. The molecule has 1 amide bonds. The lowest BCUT2D eigenvalue weighted by molar-refractivity contribution is -0.122. The van der Waals surface area contributed by atoms with Crippen molar-refractivity contribution in [3.8, 4) is 0 Å². The van der Waals surface area contributed by atoms with Gasteiger partial charge in [-0.3, -0.25) is 4.79 Å². The summed E-state index contributed by atoms with van der Waals surface area (Å²) in [5.74, 6) is 0.665. The highest BCUT2D eigenvalue weighted by Gasteiger charge is 2.26. The first-order chi connectivity index (χ1) is 9.19. The van der Waals surface area contributed by atoms with Crippen LogP contribution in [0.5, 0.6) is 0 Å². The maximum Gasteiger partial charge on any atom is 0.220 e. The Kier molecular flexibility index (Phi) is 8.10. The number of carbonyl (C=O) groups is 1. The first-order valence-electron chi connectivity index (χ1n) is 6.92. The van der Waals surface area contributed by atoms with Crippen molar-refractivity contribution >= 4 is 45.6 Å². The number of halogens is 2. The van der Waals surface area contributed by atoms with Crippen molar-refractivity contribution in [1.82, 2.24) is 5.32 Å². The van der Waals surface area contributed by atoms with E-state index >= 15 is 0 Å². The molecule has 2 rings (SSSR count). The lowest BCUT2D eigenvalue weighted by Gasteiger charge is -2.19. The Balaban J connectivity index is 0.00000200. The molecule has 20 heavy (non-hydrogen) atoms. The summed E-state index contributed by atoms with van der Waals surface area (Å²) < 4.78 is 1.16. The van der Waals surface area contributed by atoms with Gasteiger partial charge in [-0.15, -0.1) is 23.7 Å². The number of hydrogen-bond donors (Lipinski definition) is 2. The molecular formula is C14H22BrClN2OS. The second-order valence-electron chi connectivity index (χ2n) is 5.16. The highest BCUT2D eigenvalue weighted by molar-refractivity contribution is 9.11. The van der Waals surface area contributed by atoms with E-state index in [1.165, 1.54) is 11.3 Å². The Morgan fingerprint density at radius 2 is 2.25 bits per heavy atom. The molecular weight excluding hydrogens is 360 g/mol. The van der Waals surface area contributed by atoms with E-state index in [2.05, 4.69) is 33.4 Å². The average molecular weight is 382 g/mol. The van der Waals surface area contributed by atoms with Crippen LogP contribution in [0.4, 0.5) is 0 Å². The molecule has 2 atom stereocenters. The summed E-state index contributed by atoms with van der Waals surface area (Å²) in [6, 6.07) is 4.49. The van der Waals surface area contributed by atoms with Crippen LogP contribution in [0.25, 0.3) is 0 Å². The summed E-state index contributed by atoms with van der Waals surface area (Å²) in [5.41, 5.74) is 5.72. The zero-order chi connectivity index (χ0) is 13.7. The zero-order valence-corrected chi connectivity index (χ0v) is 14.7. The third kappa shape index (κ3) is 5.35. The Hall–Kier alpha value is -0.100. The summed E-state index contributed by atoms with van der Waals surface area (Å²) in [4.78, 5) is 13.2. The lowest BCUT2D eigenvalue weighted by atomic mass is 10.0. The zero-order valence-electron chi connectivity index (χ0n) is 11.4. The lowest BCUT2D eigenvalue weighted by Crippen LogP contribution is -2.39. The van der Waals surface area contributed by atoms with Crippen LogP contribution < -0.4 is 11.1 Å². The summed E-state index contributed by atoms with van der Waals surface area (Å²) in [7, 11) is 0. The van der Waals surface area contributed by atoms with Gasteiger partial charge in [-0.1, -0.05) is 6.42 Å². The molecule has 1 aliphatic carbocycles. The first kappa shape index (κ1) is 18.0. The predicted octanol–water partition coefficient (Wildman–Crippen LogP) is 3.50. The summed E-state index contributed by atoms with van der Waals surface area (Å²) in [5, 5.41) is 3.15. The van der Waals surface area contributed by atoms with E-state index in [9.17, 15) is 4.79 Å². The van der Waals surface area contributed by atoms with Crippen LogP contribution in [0.2, 0.25) is 0 Å². The van der Waals surface area contributed by atoms with Crippen molar-refractivity contribution < 1.29 is 4.79 Å². The number of amides is 1. The Morgan fingerprint density at radius 3 is 2.90 bits per heavy atom. The van der Waals surface area contributed by atoms with E-state index in [4.69, 9.17) is 5.73 Å². The normalized spacial score (nSPS) is 21.5. The summed E-state index contributed by atoms with van der Waals surface area (Å²) in [6.07, 6.45) is 5.95. The number of carbonyl (C=O) groups excluding carboxylic acids is 1. The smallest absolute Gasteiger partial charge is 0.220 e. The van der Waals surface area contributed by atoms with Gasteiger partial charge in [0.1, 0.15) is 0 Å². The summed E-state index contributed by atoms with van der Waals surface area (Å²) in [6.45, 7) is 0.689. The maximum atomic E-state index is 11.9. The molecule has 114 valence electrons. The van der Waals surface area contributed by atoms with Gasteiger partial charge in [0.2, 0.25) is 5.91 Å². The van der Waals surface area contributed by atoms with Gasteiger partial charge < -0.3 is 11.1 Å². The van der Waals surface area contributed by atoms with Crippen molar-refractivity contribution in [2.75, 3.05) is 6.54 Å². The van der Waals surface area contributed by atoms with Gasteiger partial charge in [0, 0.05) is 17.3 Å². The Bertz CT molecular complexity index is 427. The molecule has 0 saturated heterocycles. The van der Waals surface area contributed by atoms with Crippen molar-refractivity contribution in [1.29, 1.82) is 0 Å². The van der Waals surface area contributed by atoms with Gasteiger partial charge in [-0.2, -0.15) is 0 Å². The highest BCUT2D eigenvalue weighted by Crippen LogP contribution is 2.25. The first-order valence-corrected chi connectivity index (χ1v) is 8.53. The number of nitrogens with one attached hydrogen (secondary N) is 1. The molecule has 0 bridgehead atoms. The third-order valence-electron chi connectivity index (χ3n) is 3.76. The fourth-order valence-corrected chi connectivity index (χ4v) is 4.22. The second kappa shape index (κ2) is 9.03. The third-order valence-corrected chi connectivity index (χ3v) is 5.45. The molecule has 1 aliphatic rings. The molecule has 1 heterocycles.